The van der Waals surface area contributed by atoms with Gasteiger partial charge in [0, 0.05) is 23.3 Å². The molecule has 0 nitrogen and oxygen atoms in total. The molecule has 0 unspecified atom stereocenters. The van der Waals surface area contributed by atoms with Crippen molar-refractivity contribution < 1.29 is 0 Å². The fraction of sp³-hybridized carbons (Fsp3) is 0.200. The average molecular weight is 512 g/mol. The molecule has 2 aromatic rings. The van der Waals surface area contributed by atoms with Crippen LogP contribution in [0, 0.1) is 0 Å². The van der Waals surface area contributed by atoms with Crippen molar-refractivity contribution in [1.29, 1.82) is 0 Å². The lowest BCUT2D eigenvalue weighted by molar-refractivity contribution is 0.633. The number of halogens is 4. The normalized spacial score (nSPS) is 11.7. The van der Waals surface area contributed by atoms with Crippen molar-refractivity contribution in [3.8, 4) is 0 Å². The minimum atomic E-state index is -0.0843. The van der Waals surface area contributed by atoms with E-state index >= 15 is 0 Å². The standard InChI is InChI=1S/C15H12Br4/c1-15(2,11-5-3-9(16)7-13(11)18)12-6-4-10(17)8-14(12)19/h3-8H,1-2H3. The molecule has 0 heterocycles. The summed E-state index contributed by atoms with van der Waals surface area (Å²) in [7, 11) is 0. The molecule has 0 fully saturated rings. The molecule has 0 saturated heterocycles. The third-order valence-corrected chi connectivity index (χ3v) is 5.51. The molecule has 0 spiro atoms. The summed E-state index contributed by atoms with van der Waals surface area (Å²) < 4.78 is 4.38. The molecule has 2 aromatic carbocycles. The van der Waals surface area contributed by atoms with Gasteiger partial charge in [0.1, 0.15) is 0 Å². The van der Waals surface area contributed by atoms with Crippen LogP contribution in [0.5, 0.6) is 0 Å². The highest BCUT2D eigenvalue weighted by Crippen LogP contribution is 2.40. The van der Waals surface area contributed by atoms with E-state index in [2.05, 4.69) is 114 Å². The van der Waals surface area contributed by atoms with E-state index in [4.69, 9.17) is 0 Å². The molecule has 0 aromatic heterocycles. The van der Waals surface area contributed by atoms with E-state index in [9.17, 15) is 0 Å². The van der Waals surface area contributed by atoms with E-state index < -0.39 is 0 Å². The molecule has 4 heteroatoms. The van der Waals surface area contributed by atoms with Crippen LogP contribution in [0.3, 0.4) is 0 Å². The van der Waals surface area contributed by atoms with Crippen molar-refractivity contribution >= 4 is 63.7 Å². The van der Waals surface area contributed by atoms with E-state index in [1.807, 2.05) is 0 Å². The largest absolute Gasteiger partial charge is 0.0559 e. The maximum absolute atomic E-state index is 3.66. The van der Waals surface area contributed by atoms with Crippen LogP contribution in [0.1, 0.15) is 25.0 Å². The van der Waals surface area contributed by atoms with Crippen molar-refractivity contribution in [2.45, 2.75) is 19.3 Å². The molecule has 0 N–H and O–H groups in total. The SMILES string of the molecule is CC(C)(c1ccc(Br)cc1Br)c1ccc(Br)cc1Br. The molecule has 0 radical (unpaired) electrons. The van der Waals surface area contributed by atoms with Gasteiger partial charge in [-0.1, -0.05) is 89.7 Å². The fourth-order valence-electron chi connectivity index (χ4n) is 2.14. The second-order valence-corrected chi connectivity index (χ2v) is 8.41. The Hall–Kier alpha value is 0.360. The van der Waals surface area contributed by atoms with Crippen molar-refractivity contribution in [2.24, 2.45) is 0 Å². The van der Waals surface area contributed by atoms with E-state index in [0.717, 1.165) is 17.9 Å². The summed E-state index contributed by atoms with van der Waals surface area (Å²) >= 11 is 14.3. The van der Waals surface area contributed by atoms with Gasteiger partial charge in [0.2, 0.25) is 0 Å². The van der Waals surface area contributed by atoms with Gasteiger partial charge in [-0.05, 0) is 35.4 Å². The van der Waals surface area contributed by atoms with Crippen molar-refractivity contribution in [3.63, 3.8) is 0 Å². The first-order valence-electron chi connectivity index (χ1n) is 5.73. The van der Waals surface area contributed by atoms with Gasteiger partial charge in [-0.15, -0.1) is 0 Å². The van der Waals surface area contributed by atoms with Crippen molar-refractivity contribution in [2.75, 3.05) is 0 Å². The van der Waals surface area contributed by atoms with Crippen LogP contribution in [0.25, 0.3) is 0 Å². The summed E-state index contributed by atoms with van der Waals surface area (Å²) in [5.74, 6) is 0. The second-order valence-electron chi connectivity index (χ2n) is 4.87. The summed E-state index contributed by atoms with van der Waals surface area (Å²) in [6.45, 7) is 4.46. The first kappa shape index (κ1) is 15.7. The summed E-state index contributed by atoms with van der Waals surface area (Å²) in [6, 6.07) is 12.6. The van der Waals surface area contributed by atoms with Gasteiger partial charge in [-0.3, -0.25) is 0 Å². The van der Waals surface area contributed by atoms with Crippen LogP contribution in [0.4, 0.5) is 0 Å². The highest BCUT2D eigenvalue weighted by molar-refractivity contribution is 9.11. The van der Waals surface area contributed by atoms with Gasteiger partial charge in [-0.25, -0.2) is 0 Å². The summed E-state index contributed by atoms with van der Waals surface area (Å²) in [5.41, 5.74) is 2.44. The quantitative estimate of drug-likeness (QED) is 0.405. The number of hydrogen-bond donors (Lipinski definition) is 0. The zero-order valence-corrected chi connectivity index (χ0v) is 16.8. The zero-order valence-electron chi connectivity index (χ0n) is 10.5. The molecule has 0 saturated carbocycles. The van der Waals surface area contributed by atoms with E-state index in [-0.39, 0.29) is 5.41 Å². The average Bonchev–Trinajstić information content (AvgIpc) is 2.27. The predicted molar refractivity (Wildman–Crippen MR) is 95.8 cm³/mol. The summed E-state index contributed by atoms with van der Waals surface area (Å²) in [4.78, 5) is 0. The van der Waals surface area contributed by atoms with E-state index in [1.54, 1.807) is 0 Å². The van der Waals surface area contributed by atoms with Crippen LogP contribution < -0.4 is 0 Å². The maximum Gasteiger partial charge on any atom is 0.0227 e. The Morgan fingerprint density at radius 1 is 0.684 bits per heavy atom. The second kappa shape index (κ2) is 6.00. The third kappa shape index (κ3) is 3.34. The van der Waals surface area contributed by atoms with Crippen molar-refractivity contribution in [1.82, 2.24) is 0 Å². The third-order valence-electron chi connectivity index (χ3n) is 3.21. The van der Waals surface area contributed by atoms with Gasteiger partial charge in [-0.2, -0.15) is 0 Å². The molecule has 0 aliphatic carbocycles. The molecule has 0 atom stereocenters. The van der Waals surface area contributed by atoms with Crippen LogP contribution >= 0.6 is 63.7 Å². The Morgan fingerprint density at radius 3 is 1.37 bits per heavy atom. The number of rotatable bonds is 2. The first-order valence-corrected chi connectivity index (χ1v) is 8.90. The molecule has 0 aliphatic rings. The molecular formula is C15H12Br4. The monoisotopic (exact) mass is 508 g/mol. The topological polar surface area (TPSA) is 0 Å². The summed E-state index contributed by atoms with van der Waals surface area (Å²) in [5, 5.41) is 0. The predicted octanol–water partition coefficient (Wildman–Crippen LogP) is 7.06. The summed E-state index contributed by atoms with van der Waals surface area (Å²) in [6.07, 6.45) is 0. The Bertz CT molecular complexity index is 564. The lowest BCUT2D eigenvalue weighted by Gasteiger charge is -2.28. The van der Waals surface area contributed by atoms with Gasteiger partial charge in [0.05, 0.1) is 0 Å². The molecule has 0 aliphatic heterocycles. The number of hydrogen-bond acceptors (Lipinski definition) is 0. The fourth-order valence-corrected chi connectivity index (χ4v) is 5.22. The van der Waals surface area contributed by atoms with Crippen molar-refractivity contribution in [3.05, 3.63) is 65.4 Å². The lowest BCUT2D eigenvalue weighted by atomic mass is 9.78. The minimum Gasteiger partial charge on any atom is -0.0559 e. The van der Waals surface area contributed by atoms with E-state index in [1.165, 1.54) is 11.1 Å². The Labute approximate surface area is 147 Å². The Kier molecular flexibility index (Phi) is 4.97. The molecule has 0 amide bonds. The molecule has 100 valence electrons. The van der Waals surface area contributed by atoms with Gasteiger partial charge in [0.25, 0.3) is 0 Å². The van der Waals surface area contributed by atoms with Gasteiger partial charge in [0.15, 0.2) is 0 Å². The molecule has 19 heavy (non-hydrogen) atoms. The lowest BCUT2D eigenvalue weighted by Crippen LogP contribution is -2.20. The van der Waals surface area contributed by atoms with Gasteiger partial charge < -0.3 is 0 Å². The molecule has 2 rings (SSSR count). The van der Waals surface area contributed by atoms with Gasteiger partial charge >= 0.3 is 0 Å². The van der Waals surface area contributed by atoms with Crippen LogP contribution in [0.15, 0.2) is 54.3 Å². The van der Waals surface area contributed by atoms with Crippen LogP contribution in [-0.2, 0) is 5.41 Å². The molecular weight excluding hydrogens is 500 g/mol. The maximum atomic E-state index is 3.66. The number of benzene rings is 2. The minimum absolute atomic E-state index is 0.0843. The highest BCUT2D eigenvalue weighted by Gasteiger charge is 2.27. The first-order chi connectivity index (χ1) is 8.82. The smallest absolute Gasteiger partial charge is 0.0227 e. The van der Waals surface area contributed by atoms with Crippen LogP contribution in [-0.4, -0.2) is 0 Å². The zero-order chi connectivity index (χ0) is 14.2. The van der Waals surface area contributed by atoms with E-state index in [0.29, 0.717) is 0 Å². The van der Waals surface area contributed by atoms with Crippen LogP contribution in [0.2, 0.25) is 0 Å². The Balaban J connectivity index is 2.58. The Morgan fingerprint density at radius 2 is 1.05 bits per heavy atom. The highest BCUT2D eigenvalue weighted by atomic mass is 79.9. The molecule has 0 bridgehead atoms.